The van der Waals surface area contributed by atoms with E-state index in [-0.39, 0.29) is 11.6 Å². The van der Waals surface area contributed by atoms with Gasteiger partial charge in [-0.3, -0.25) is 0 Å². The van der Waals surface area contributed by atoms with Gasteiger partial charge in [-0.05, 0) is 49.4 Å². The highest BCUT2D eigenvalue weighted by Crippen LogP contribution is 2.30. The fourth-order valence-corrected chi connectivity index (χ4v) is 2.93. The lowest BCUT2D eigenvalue weighted by atomic mass is 9.81. The third kappa shape index (κ3) is 4.27. The summed E-state index contributed by atoms with van der Waals surface area (Å²) >= 11 is 0. The standard InChI is InChI=1S/C16H23F2N/c1-2-12-3-5-13(6-4-12)10-19-11-14-9-15(17)7-8-16(14)18/h7-9,12-13,19H,2-6,10-11H2,1H3. The van der Waals surface area contributed by atoms with Crippen LogP contribution in [-0.2, 0) is 6.54 Å². The molecule has 1 aromatic carbocycles. The lowest BCUT2D eigenvalue weighted by Gasteiger charge is -2.27. The van der Waals surface area contributed by atoms with E-state index >= 15 is 0 Å². The molecule has 0 heterocycles. The Balaban J connectivity index is 1.73. The molecule has 0 unspecified atom stereocenters. The van der Waals surface area contributed by atoms with E-state index in [2.05, 4.69) is 12.2 Å². The van der Waals surface area contributed by atoms with E-state index in [0.717, 1.165) is 18.5 Å². The van der Waals surface area contributed by atoms with Crippen LogP contribution in [0.15, 0.2) is 18.2 Å². The summed E-state index contributed by atoms with van der Waals surface area (Å²) in [5.41, 5.74) is 0.419. The molecule has 0 aromatic heterocycles. The van der Waals surface area contributed by atoms with Crippen molar-refractivity contribution >= 4 is 0 Å². The minimum atomic E-state index is -0.373. The molecule has 3 heteroatoms. The Morgan fingerprint density at radius 1 is 1.11 bits per heavy atom. The van der Waals surface area contributed by atoms with Crippen LogP contribution in [0.3, 0.4) is 0 Å². The predicted molar refractivity (Wildman–Crippen MR) is 73.8 cm³/mol. The summed E-state index contributed by atoms with van der Waals surface area (Å²) in [5, 5.41) is 3.27. The Morgan fingerprint density at radius 3 is 2.47 bits per heavy atom. The van der Waals surface area contributed by atoms with Gasteiger partial charge in [0.1, 0.15) is 11.6 Å². The Bertz CT molecular complexity index is 398. The molecule has 0 atom stereocenters. The molecule has 0 bridgehead atoms. The molecule has 106 valence electrons. The molecule has 0 aliphatic heterocycles. The second kappa shape index (κ2) is 6.99. The van der Waals surface area contributed by atoms with Gasteiger partial charge < -0.3 is 5.32 Å². The fourth-order valence-electron chi connectivity index (χ4n) is 2.93. The molecule has 0 radical (unpaired) electrons. The maximum atomic E-state index is 13.4. The summed E-state index contributed by atoms with van der Waals surface area (Å²) in [6.07, 6.45) is 6.44. The second-order valence-corrected chi connectivity index (χ2v) is 5.66. The van der Waals surface area contributed by atoms with E-state index < -0.39 is 0 Å². The highest BCUT2D eigenvalue weighted by atomic mass is 19.1. The minimum Gasteiger partial charge on any atom is -0.312 e. The molecule has 0 saturated heterocycles. The molecule has 1 saturated carbocycles. The van der Waals surface area contributed by atoms with E-state index in [1.54, 1.807) is 0 Å². The van der Waals surface area contributed by atoms with Gasteiger partial charge in [-0.2, -0.15) is 0 Å². The minimum absolute atomic E-state index is 0.330. The zero-order valence-corrected chi connectivity index (χ0v) is 11.6. The largest absolute Gasteiger partial charge is 0.312 e. The number of hydrogen-bond donors (Lipinski definition) is 1. The van der Waals surface area contributed by atoms with Gasteiger partial charge in [0.25, 0.3) is 0 Å². The van der Waals surface area contributed by atoms with Crippen LogP contribution in [0.25, 0.3) is 0 Å². The van der Waals surface area contributed by atoms with E-state index in [1.807, 2.05) is 0 Å². The van der Waals surface area contributed by atoms with Crippen molar-refractivity contribution in [2.45, 2.75) is 45.6 Å². The molecule has 1 aliphatic rings. The Labute approximate surface area is 114 Å². The normalized spacial score (nSPS) is 23.5. The molecule has 0 spiro atoms. The monoisotopic (exact) mass is 267 g/mol. The molecule has 1 nitrogen and oxygen atoms in total. The van der Waals surface area contributed by atoms with Crippen LogP contribution in [-0.4, -0.2) is 6.54 Å². The lowest BCUT2D eigenvalue weighted by molar-refractivity contribution is 0.262. The fraction of sp³-hybridized carbons (Fsp3) is 0.625. The first-order valence-electron chi connectivity index (χ1n) is 7.33. The van der Waals surface area contributed by atoms with Crippen molar-refractivity contribution in [3.05, 3.63) is 35.4 Å². The van der Waals surface area contributed by atoms with Crippen LogP contribution in [0.1, 0.15) is 44.6 Å². The van der Waals surface area contributed by atoms with E-state index in [4.69, 9.17) is 0 Å². The van der Waals surface area contributed by atoms with Gasteiger partial charge in [0, 0.05) is 12.1 Å². The summed E-state index contributed by atoms with van der Waals surface area (Å²) in [5.74, 6) is 0.890. The van der Waals surface area contributed by atoms with Gasteiger partial charge in [-0.15, -0.1) is 0 Å². The van der Waals surface area contributed by atoms with Gasteiger partial charge in [0.15, 0.2) is 0 Å². The Hall–Kier alpha value is -0.960. The number of benzene rings is 1. The second-order valence-electron chi connectivity index (χ2n) is 5.66. The number of nitrogens with one attached hydrogen (secondary N) is 1. The van der Waals surface area contributed by atoms with Gasteiger partial charge in [0.2, 0.25) is 0 Å². The molecule has 1 aromatic rings. The number of rotatable bonds is 5. The summed E-state index contributed by atoms with van der Waals surface area (Å²) < 4.78 is 26.4. The number of hydrogen-bond acceptors (Lipinski definition) is 1. The van der Waals surface area contributed by atoms with Crippen LogP contribution in [0.5, 0.6) is 0 Å². The molecule has 2 rings (SSSR count). The van der Waals surface area contributed by atoms with Crippen molar-refractivity contribution in [3.8, 4) is 0 Å². The molecule has 0 amide bonds. The SMILES string of the molecule is CCC1CCC(CNCc2cc(F)ccc2F)CC1. The third-order valence-corrected chi connectivity index (χ3v) is 4.30. The molecule has 1 N–H and O–H groups in total. The molecule has 1 fully saturated rings. The predicted octanol–water partition coefficient (Wildman–Crippen LogP) is 4.27. The molecule has 19 heavy (non-hydrogen) atoms. The Morgan fingerprint density at radius 2 is 1.79 bits per heavy atom. The van der Waals surface area contributed by atoms with E-state index in [9.17, 15) is 8.78 Å². The van der Waals surface area contributed by atoms with Crippen LogP contribution >= 0.6 is 0 Å². The van der Waals surface area contributed by atoms with Crippen molar-refractivity contribution in [1.82, 2.24) is 5.32 Å². The maximum absolute atomic E-state index is 13.4. The maximum Gasteiger partial charge on any atom is 0.127 e. The average Bonchev–Trinajstić information content (AvgIpc) is 2.43. The van der Waals surface area contributed by atoms with Crippen molar-refractivity contribution < 1.29 is 8.78 Å². The zero-order valence-electron chi connectivity index (χ0n) is 11.6. The summed E-state index contributed by atoms with van der Waals surface area (Å²) in [4.78, 5) is 0. The summed E-state index contributed by atoms with van der Waals surface area (Å²) in [7, 11) is 0. The van der Waals surface area contributed by atoms with E-state index in [0.29, 0.717) is 18.0 Å². The first-order valence-corrected chi connectivity index (χ1v) is 7.33. The summed E-state index contributed by atoms with van der Waals surface area (Å²) in [6.45, 7) is 3.58. The van der Waals surface area contributed by atoms with Crippen molar-refractivity contribution in [1.29, 1.82) is 0 Å². The quantitative estimate of drug-likeness (QED) is 0.840. The van der Waals surface area contributed by atoms with Crippen LogP contribution in [0, 0.1) is 23.5 Å². The van der Waals surface area contributed by atoms with Crippen molar-refractivity contribution in [2.75, 3.05) is 6.54 Å². The highest BCUT2D eigenvalue weighted by Gasteiger charge is 2.19. The first-order chi connectivity index (χ1) is 9.19. The smallest absolute Gasteiger partial charge is 0.127 e. The van der Waals surface area contributed by atoms with Crippen LogP contribution < -0.4 is 5.32 Å². The van der Waals surface area contributed by atoms with Gasteiger partial charge in [0.05, 0.1) is 0 Å². The molecular formula is C16H23F2N. The van der Waals surface area contributed by atoms with E-state index in [1.165, 1.54) is 44.2 Å². The topological polar surface area (TPSA) is 12.0 Å². The molecule has 1 aliphatic carbocycles. The van der Waals surface area contributed by atoms with Crippen LogP contribution in [0.4, 0.5) is 8.78 Å². The van der Waals surface area contributed by atoms with Crippen molar-refractivity contribution in [2.24, 2.45) is 11.8 Å². The number of halogens is 2. The highest BCUT2D eigenvalue weighted by molar-refractivity contribution is 5.18. The zero-order chi connectivity index (χ0) is 13.7. The van der Waals surface area contributed by atoms with Crippen LogP contribution in [0.2, 0.25) is 0 Å². The van der Waals surface area contributed by atoms with Gasteiger partial charge in [-0.1, -0.05) is 26.2 Å². The summed E-state index contributed by atoms with van der Waals surface area (Å²) in [6, 6.07) is 3.62. The average molecular weight is 267 g/mol. The van der Waals surface area contributed by atoms with Gasteiger partial charge in [-0.25, -0.2) is 8.78 Å². The van der Waals surface area contributed by atoms with Gasteiger partial charge >= 0.3 is 0 Å². The van der Waals surface area contributed by atoms with Crippen molar-refractivity contribution in [3.63, 3.8) is 0 Å². The first kappa shape index (κ1) is 14.4. The lowest BCUT2D eigenvalue weighted by Crippen LogP contribution is -2.26. The Kier molecular flexibility index (Phi) is 5.32. The third-order valence-electron chi connectivity index (χ3n) is 4.30. The molecular weight excluding hydrogens is 244 g/mol.